The first-order valence-corrected chi connectivity index (χ1v) is 7.02. The molecule has 0 fully saturated rings. The van der Waals surface area contributed by atoms with Crippen molar-refractivity contribution in [2.75, 3.05) is 7.05 Å². The summed E-state index contributed by atoms with van der Waals surface area (Å²) in [4.78, 5) is 13.9. The summed E-state index contributed by atoms with van der Waals surface area (Å²) in [6, 6.07) is -0.113. The minimum absolute atomic E-state index is 0.0607. The summed E-state index contributed by atoms with van der Waals surface area (Å²) >= 11 is 6.77. The summed E-state index contributed by atoms with van der Waals surface area (Å²) in [5, 5.41) is 4.31. The molecule has 6 heteroatoms. The lowest BCUT2D eigenvalue weighted by Crippen LogP contribution is -2.38. The minimum atomic E-state index is -0.301. The number of hydrogen-bond donors (Lipinski definition) is 0. The van der Waals surface area contributed by atoms with E-state index in [1.54, 1.807) is 9.58 Å². The van der Waals surface area contributed by atoms with Gasteiger partial charge in [0.2, 0.25) is 5.91 Å². The average Bonchev–Trinajstić information content (AvgIpc) is 2.53. The van der Waals surface area contributed by atoms with Crippen LogP contribution in [0.25, 0.3) is 0 Å². The van der Waals surface area contributed by atoms with Gasteiger partial charge in [-0.1, -0.05) is 0 Å². The average molecular weight is 367 g/mol. The molecule has 1 unspecified atom stereocenters. The number of carbonyl (C=O) groups is 1. The zero-order valence-electron chi connectivity index (χ0n) is 10.7. The zero-order chi connectivity index (χ0) is 13.3. The topological polar surface area (TPSA) is 38.1 Å². The molecule has 1 aromatic rings. The Morgan fingerprint density at radius 1 is 1.35 bits per heavy atom. The van der Waals surface area contributed by atoms with E-state index in [1.165, 1.54) is 0 Å². The van der Waals surface area contributed by atoms with E-state index in [0.29, 0.717) is 0 Å². The van der Waals surface area contributed by atoms with Gasteiger partial charge in [0, 0.05) is 13.1 Å². The van der Waals surface area contributed by atoms with E-state index >= 15 is 0 Å². The largest absolute Gasteiger partial charge is 0.341 e. The molecule has 0 saturated carbocycles. The second kappa shape index (κ2) is 5.52. The van der Waals surface area contributed by atoms with Gasteiger partial charge in [0.1, 0.15) is 10.6 Å². The van der Waals surface area contributed by atoms with Crippen LogP contribution in [0.15, 0.2) is 9.08 Å². The van der Waals surface area contributed by atoms with Crippen LogP contribution in [0.5, 0.6) is 0 Å². The molecular formula is C11H17Br2N3O. The van der Waals surface area contributed by atoms with Crippen LogP contribution in [-0.2, 0) is 4.79 Å². The fourth-order valence-electron chi connectivity index (χ4n) is 1.49. The number of likely N-dealkylation sites (N-methyl/N-ethyl adjacent to an activating group) is 1. The third-order valence-corrected chi connectivity index (χ3v) is 4.92. The molecule has 0 bridgehead atoms. The Morgan fingerprint density at radius 3 is 2.24 bits per heavy atom. The summed E-state index contributed by atoms with van der Waals surface area (Å²) in [5.74, 6) is 0.0607. The smallest absolute Gasteiger partial charge is 0.247 e. The van der Waals surface area contributed by atoms with E-state index in [9.17, 15) is 4.79 Å². The number of rotatable bonds is 3. The second-order valence-corrected chi connectivity index (χ2v) is 5.90. The standard InChI is InChI=1S/C11H17Br2N3O/c1-6(2)15(5)11(17)8(4)16-7(3)9(12)10(13)14-16/h6,8H,1-5H3. The maximum absolute atomic E-state index is 12.2. The lowest BCUT2D eigenvalue weighted by molar-refractivity contribution is -0.134. The number of hydrogen-bond acceptors (Lipinski definition) is 2. The Kier molecular flexibility index (Phi) is 4.77. The fourth-order valence-corrected chi connectivity index (χ4v) is 2.21. The highest BCUT2D eigenvalue weighted by Crippen LogP contribution is 2.28. The van der Waals surface area contributed by atoms with Crippen molar-refractivity contribution in [2.45, 2.75) is 39.8 Å². The molecule has 0 radical (unpaired) electrons. The van der Waals surface area contributed by atoms with Gasteiger partial charge in [-0.2, -0.15) is 5.10 Å². The van der Waals surface area contributed by atoms with Crippen molar-refractivity contribution in [1.29, 1.82) is 0 Å². The summed E-state index contributed by atoms with van der Waals surface area (Å²) in [6.07, 6.45) is 0. The monoisotopic (exact) mass is 365 g/mol. The van der Waals surface area contributed by atoms with E-state index in [0.717, 1.165) is 14.8 Å². The van der Waals surface area contributed by atoms with Gasteiger partial charge in [0.05, 0.1) is 10.2 Å². The molecule has 1 heterocycles. The number of amides is 1. The Labute approximate surface area is 119 Å². The van der Waals surface area contributed by atoms with Crippen LogP contribution in [0.3, 0.4) is 0 Å². The first kappa shape index (κ1) is 14.7. The predicted molar refractivity (Wildman–Crippen MR) is 75.0 cm³/mol. The summed E-state index contributed by atoms with van der Waals surface area (Å²) in [5.41, 5.74) is 0.940. The molecule has 0 saturated heterocycles. The number of halogens is 2. The molecule has 1 rings (SSSR count). The van der Waals surface area contributed by atoms with E-state index < -0.39 is 0 Å². The van der Waals surface area contributed by atoms with E-state index in [2.05, 4.69) is 37.0 Å². The molecule has 96 valence electrons. The van der Waals surface area contributed by atoms with Gasteiger partial charge < -0.3 is 4.90 Å². The zero-order valence-corrected chi connectivity index (χ0v) is 13.8. The van der Waals surface area contributed by atoms with Crippen molar-refractivity contribution in [3.8, 4) is 0 Å². The van der Waals surface area contributed by atoms with Crippen molar-refractivity contribution >= 4 is 37.8 Å². The quantitative estimate of drug-likeness (QED) is 0.824. The van der Waals surface area contributed by atoms with Gasteiger partial charge in [0.25, 0.3) is 0 Å². The van der Waals surface area contributed by atoms with Crippen LogP contribution >= 0.6 is 31.9 Å². The lowest BCUT2D eigenvalue weighted by atomic mass is 10.2. The third kappa shape index (κ3) is 2.91. The third-order valence-electron chi connectivity index (χ3n) is 2.88. The van der Waals surface area contributed by atoms with Crippen LogP contribution < -0.4 is 0 Å². The van der Waals surface area contributed by atoms with Gasteiger partial charge in [-0.3, -0.25) is 9.48 Å². The van der Waals surface area contributed by atoms with Crippen LogP contribution in [0.1, 0.15) is 32.5 Å². The highest BCUT2D eigenvalue weighted by molar-refractivity contribution is 9.13. The maximum Gasteiger partial charge on any atom is 0.247 e. The minimum Gasteiger partial charge on any atom is -0.341 e. The van der Waals surface area contributed by atoms with Gasteiger partial charge in [-0.15, -0.1) is 0 Å². The Hall–Kier alpha value is -0.360. The molecule has 0 aliphatic carbocycles. The second-order valence-electron chi connectivity index (χ2n) is 4.35. The molecule has 1 aromatic heterocycles. The van der Waals surface area contributed by atoms with E-state index in [1.807, 2.05) is 34.7 Å². The Morgan fingerprint density at radius 2 is 1.88 bits per heavy atom. The Bertz CT molecular complexity index is 429. The molecule has 0 N–H and O–H groups in total. The van der Waals surface area contributed by atoms with E-state index in [4.69, 9.17) is 0 Å². The van der Waals surface area contributed by atoms with E-state index in [-0.39, 0.29) is 18.0 Å². The maximum atomic E-state index is 12.2. The first-order valence-electron chi connectivity index (χ1n) is 5.44. The summed E-state index contributed by atoms with van der Waals surface area (Å²) in [7, 11) is 1.81. The Balaban J connectivity index is 3.00. The molecule has 0 aliphatic rings. The van der Waals surface area contributed by atoms with Gasteiger partial charge >= 0.3 is 0 Å². The number of aromatic nitrogens is 2. The molecule has 0 aliphatic heterocycles. The fraction of sp³-hybridized carbons (Fsp3) is 0.636. The van der Waals surface area contributed by atoms with Crippen LogP contribution in [0, 0.1) is 6.92 Å². The SMILES string of the molecule is Cc1c(Br)c(Br)nn1C(C)C(=O)N(C)C(C)C. The molecule has 1 amide bonds. The first-order chi connectivity index (χ1) is 7.77. The van der Waals surface area contributed by atoms with Gasteiger partial charge in [-0.05, 0) is 59.6 Å². The van der Waals surface area contributed by atoms with Crippen molar-refractivity contribution in [3.63, 3.8) is 0 Å². The van der Waals surface area contributed by atoms with Crippen LogP contribution in [0.2, 0.25) is 0 Å². The highest BCUT2D eigenvalue weighted by atomic mass is 79.9. The molecule has 4 nitrogen and oxygen atoms in total. The van der Waals surface area contributed by atoms with Crippen molar-refractivity contribution < 1.29 is 4.79 Å². The molecular weight excluding hydrogens is 350 g/mol. The summed E-state index contributed by atoms with van der Waals surface area (Å²) in [6.45, 7) is 7.78. The van der Waals surface area contributed by atoms with Crippen molar-refractivity contribution in [2.24, 2.45) is 0 Å². The highest BCUT2D eigenvalue weighted by Gasteiger charge is 2.24. The molecule has 0 spiro atoms. The van der Waals surface area contributed by atoms with Gasteiger partial charge in [-0.25, -0.2) is 0 Å². The summed E-state index contributed by atoms with van der Waals surface area (Å²) < 4.78 is 3.35. The van der Waals surface area contributed by atoms with Crippen molar-refractivity contribution in [3.05, 3.63) is 14.8 Å². The molecule has 0 aromatic carbocycles. The molecule has 17 heavy (non-hydrogen) atoms. The van der Waals surface area contributed by atoms with Crippen LogP contribution in [-0.4, -0.2) is 33.7 Å². The lowest BCUT2D eigenvalue weighted by Gasteiger charge is -2.25. The number of carbonyl (C=O) groups excluding carboxylic acids is 1. The predicted octanol–water partition coefficient (Wildman–Crippen LogP) is 3.14. The van der Waals surface area contributed by atoms with Crippen molar-refractivity contribution in [1.82, 2.24) is 14.7 Å². The van der Waals surface area contributed by atoms with Crippen LogP contribution in [0.4, 0.5) is 0 Å². The normalized spacial score (nSPS) is 12.9. The molecule has 1 atom stereocenters. The number of nitrogens with zero attached hydrogens (tertiary/aromatic N) is 3. The van der Waals surface area contributed by atoms with Gasteiger partial charge in [0.15, 0.2) is 0 Å².